The first kappa shape index (κ1) is 16.8. The molecule has 0 spiro atoms. The highest BCUT2D eigenvalue weighted by Crippen LogP contribution is 2.36. The lowest BCUT2D eigenvalue weighted by atomic mass is 9.95. The van der Waals surface area contributed by atoms with Crippen LogP contribution in [0.15, 0.2) is 18.3 Å². The van der Waals surface area contributed by atoms with Crippen LogP contribution < -0.4 is 4.90 Å². The van der Waals surface area contributed by atoms with E-state index in [9.17, 15) is 0 Å². The first-order valence-electron chi connectivity index (χ1n) is 9.84. The summed E-state index contributed by atoms with van der Waals surface area (Å²) in [5.41, 5.74) is 1.49. The molecule has 3 nitrogen and oxygen atoms in total. The predicted molar refractivity (Wildman–Crippen MR) is 98.0 cm³/mol. The van der Waals surface area contributed by atoms with E-state index in [4.69, 9.17) is 4.98 Å². The SMILES string of the molecule is CCCCN1CCCC[C@@H]1c1cccnc1N1CCCCCC1. The van der Waals surface area contributed by atoms with Gasteiger partial charge in [0.25, 0.3) is 0 Å². The van der Waals surface area contributed by atoms with Gasteiger partial charge in [-0.1, -0.05) is 38.7 Å². The quantitative estimate of drug-likeness (QED) is 0.779. The Bertz CT molecular complexity index is 466. The molecule has 128 valence electrons. The molecule has 0 aliphatic carbocycles. The Kier molecular flexibility index (Phi) is 6.32. The van der Waals surface area contributed by atoms with Crippen LogP contribution in [0.1, 0.15) is 76.3 Å². The van der Waals surface area contributed by atoms with Gasteiger partial charge in [-0.2, -0.15) is 0 Å². The van der Waals surface area contributed by atoms with Crippen LogP contribution in [0.25, 0.3) is 0 Å². The van der Waals surface area contributed by atoms with Gasteiger partial charge in [0.15, 0.2) is 0 Å². The van der Waals surface area contributed by atoms with E-state index in [1.807, 2.05) is 6.20 Å². The Morgan fingerprint density at radius 1 is 1.04 bits per heavy atom. The van der Waals surface area contributed by atoms with Crippen molar-refractivity contribution in [3.05, 3.63) is 23.9 Å². The summed E-state index contributed by atoms with van der Waals surface area (Å²) in [6.45, 7) is 7.18. The molecule has 2 saturated heterocycles. The maximum atomic E-state index is 4.83. The monoisotopic (exact) mass is 315 g/mol. The van der Waals surface area contributed by atoms with Crippen LogP contribution in [-0.4, -0.2) is 36.1 Å². The molecule has 2 aliphatic rings. The van der Waals surface area contributed by atoms with Crippen molar-refractivity contribution in [2.45, 2.75) is 70.8 Å². The van der Waals surface area contributed by atoms with Gasteiger partial charge in [0.2, 0.25) is 0 Å². The number of pyridine rings is 1. The Balaban J connectivity index is 1.82. The van der Waals surface area contributed by atoms with E-state index in [1.165, 1.54) is 95.3 Å². The molecule has 2 aliphatic heterocycles. The van der Waals surface area contributed by atoms with E-state index in [-0.39, 0.29) is 0 Å². The molecule has 23 heavy (non-hydrogen) atoms. The van der Waals surface area contributed by atoms with Crippen molar-refractivity contribution < 1.29 is 0 Å². The number of rotatable bonds is 5. The molecule has 3 heterocycles. The molecule has 1 aromatic heterocycles. The van der Waals surface area contributed by atoms with Gasteiger partial charge in [0, 0.05) is 30.9 Å². The minimum Gasteiger partial charge on any atom is -0.356 e. The van der Waals surface area contributed by atoms with Crippen molar-refractivity contribution in [2.24, 2.45) is 0 Å². The topological polar surface area (TPSA) is 19.4 Å². The molecule has 0 bridgehead atoms. The van der Waals surface area contributed by atoms with E-state index >= 15 is 0 Å². The first-order chi connectivity index (χ1) is 11.4. The van der Waals surface area contributed by atoms with E-state index in [0.29, 0.717) is 6.04 Å². The van der Waals surface area contributed by atoms with Crippen molar-refractivity contribution in [2.75, 3.05) is 31.1 Å². The zero-order valence-corrected chi connectivity index (χ0v) is 14.8. The number of anilines is 1. The Morgan fingerprint density at radius 2 is 1.83 bits per heavy atom. The third-order valence-electron chi connectivity index (χ3n) is 5.49. The highest BCUT2D eigenvalue weighted by Gasteiger charge is 2.27. The molecule has 3 rings (SSSR count). The summed E-state index contributed by atoms with van der Waals surface area (Å²) < 4.78 is 0. The van der Waals surface area contributed by atoms with Gasteiger partial charge in [-0.15, -0.1) is 0 Å². The standard InChI is InChI=1S/C20H33N3/c1-2-3-14-22-15-9-6-12-19(22)18-11-10-13-21-20(18)23-16-7-4-5-8-17-23/h10-11,13,19H,2-9,12,14-17H2,1H3/t19-/m1/s1. The lowest BCUT2D eigenvalue weighted by Gasteiger charge is -2.38. The molecule has 0 N–H and O–H groups in total. The fraction of sp³-hybridized carbons (Fsp3) is 0.750. The van der Waals surface area contributed by atoms with Crippen LogP contribution in [0.3, 0.4) is 0 Å². The Morgan fingerprint density at radius 3 is 2.61 bits per heavy atom. The summed E-state index contributed by atoms with van der Waals surface area (Å²) in [5.74, 6) is 1.28. The van der Waals surface area contributed by atoms with Crippen LogP contribution in [0.2, 0.25) is 0 Å². The molecule has 0 saturated carbocycles. The lowest BCUT2D eigenvalue weighted by Crippen LogP contribution is -2.36. The fourth-order valence-electron chi connectivity index (χ4n) is 4.19. The van der Waals surface area contributed by atoms with Gasteiger partial charge in [-0.05, 0) is 51.3 Å². The molecule has 0 radical (unpaired) electrons. The summed E-state index contributed by atoms with van der Waals surface area (Å²) >= 11 is 0. The summed E-state index contributed by atoms with van der Waals surface area (Å²) in [4.78, 5) is 10.1. The largest absolute Gasteiger partial charge is 0.356 e. The van der Waals surface area contributed by atoms with Crippen LogP contribution in [0, 0.1) is 0 Å². The summed E-state index contributed by atoms with van der Waals surface area (Å²) in [6.07, 6.45) is 14.0. The zero-order valence-electron chi connectivity index (χ0n) is 14.8. The molecule has 2 fully saturated rings. The van der Waals surface area contributed by atoms with Crippen LogP contribution in [-0.2, 0) is 0 Å². The maximum absolute atomic E-state index is 4.83. The summed E-state index contributed by atoms with van der Waals surface area (Å²) in [6, 6.07) is 5.08. The highest BCUT2D eigenvalue weighted by atomic mass is 15.2. The first-order valence-corrected chi connectivity index (χ1v) is 9.84. The Labute approximate surface area is 142 Å². The van der Waals surface area contributed by atoms with Gasteiger partial charge in [-0.25, -0.2) is 4.98 Å². The molecular weight excluding hydrogens is 282 g/mol. The number of piperidine rings is 1. The van der Waals surface area contributed by atoms with Crippen LogP contribution in [0.4, 0.5) is 5.82 Å². The molecule has 0 amide bonds. The molecule has 0 aromatic carbocycles. The average molecular weight is 316 g/mol. The molecule has 3 heteroatoms. The third kappa shape index (κ3) is 4.26. The molecular formula is C20H33N3. The van der Waals surface area contributed by atoms with E-state index in [0.717, 1.165) is 0 Å². The number of unbranched alkanes of at least 4 members (excludes halogenated alkanes) is 1. The van der Waals surface area contributed by atoms with Crippen molar-refractivity contribution in [3.8, 4) is 0 Å². The van der Waals surface area contributed by atoms with E-state index in [1.54, 1.807) is 0 Å². The molecule has 1 aromatic rings. The average Bonchev–Trinajstić information content (AvgIpc) is 2.89. The van der Waals surface area contributed by atoms with Gasteiger partial charge < -0.3 is 4.90 Å². The van der Waals surface area contributed by atoms with Crippen LogP contribution in [0.5, 0.6) is 0 Å². The van der Waals surface area contributed by atoms with Gasteiger partial charge in [-0.3, -0.25) is 4.90 Å². The smallest absolute Gasteiger partial charge is 0.133 e. The second-order valence-electron chi connectivity index (χ2n) is 7.22. The number of nitrogens with zero attached hydrogens (tertiary/aromatic N) is 3. The molecule has 0 unspecified atom stereocenters. The highest BCUT2D eigenvalue weighted by molar-refractivity contribution is 5.48. The summed E-state index contributed by atoms with van der Waals surface area (Å²) in [5, 5.41) is 0. The predicted octanol–water partition coefficient (Wildman–Crippen LogP) is 4.79. The Hall–Kier alpha value is -1.09. The minimum absolute atomic E-state index is 0.585. The van der Waals surface area contributed by atoms with E-state index in [2.05, 4.69) is 28.9 Å². The van der Waals surface area contributed by atoms with Gasteiger partial charge >= 0.3 is 0 Å². The zero-order chi connectivity index (χ0) is 15.9. The number of aromatic nitrogens is 1. The van der Waals surface area contributed by atoms with Crippen molar-refractivity contribution >= 4 is 5.82 Å². The second kappa shape index (κ2) is 8.68. The van der Waals surface area contributed by atoms with Crippen molar-refractivity contribution in [1.82, 2.24) is 9.88 Å². The van der Waals surface area contributed by atoms with Crippen LogP contribution >= 0.6 is 0 Å². The van der Waals surface area contributed by atoms with Crippen molar-refractivity contribution in [1.29, 1.82) is 0 Å². The number of hydrogen-bond acceptors (Lipinski definition) is 3. The number of likely N-dealkylation sites (tertiary alicyclic amines) is 1. The second-order valence-corrected chi connectivity index (χ2v) is 7.22. The van der Waals surface area contributed by atoms with E-state index < -0.39 is 0 Å². The number of hydrogen-bond donors (Lipinski definition) is 0. The van der Waals surface area contributed by atoms with Crippen molar-refractivity contribution in [3.63, 3.8) is 0 Å². The van der Waals surface area contributed by atoms with Gasteiger partial charge in [0.1, 0.15) is 5.82 Å². The summed E-state index contributed by atoms with van der Waals surface area (Å²) in [7, 11) is 0. The molecule has 1 atom stereocenters. The third-order valence-corrected chi connectivity index (χ3v) is 5.49. The van der Waals surface area contributed by atoms with Gasteiger partial charge in [0.05, 0.1) is 0 Å². The minimum atomic E-state index is 0.585. The lowest BCUT2D eigenvalue weighted by molar-refractivity contribution is 0.146. The fourth-order valence-corrected chi connectivity index (χ4v) is 4.19. The normalized spacial score (nSPS) is 23.7. The maximum Gasteiger partial charge on any atom is 0.133 e.